The van der Waals surface area contributed by atoms with Crippen molar-refractivity contribution in [2.75, 3.05) is 18.0 Å². The van der Waals surface area contributed by atoms with Crippen molar-refractivity contribution in [2.24, 2.45) is 5.92 Å². The molecule has 1 saturated heterocycles. The number of thiazole rings is 2. The number of nitrogens with zero attached hydrogens (tertiary/aromatic N) is 5. The lowest BCUT2D eigenvalue weighted by Crippen LogP contribution is -2.51. The van der Waals surface area contributed by atoms with E-state index in [2.05, 4.69) is 19.9 Å². The maximum atomic E-state index is 12.6. The lowest BCUT2D eigenvalue weighted by molar-refractivity contribution is -0.141. The Morgan fingerprint density at radius 1 is 1.21 bits per heavy atom. The molecule has 0 N–H and O–H groups in total. The number of aromatic nitrogens is 4. The van der Waals surface area contributed by atoms with E-state index in [4.69, 9.17) is 0 Å². The molecule has 0 aromatic carbocycles. The zero-order chi connectivity index (χ0) is 20.8. The number of anilines is 1. The molecule has 4 heterocycles. The van der Waals surface area contributed by atoms with Crippen LogP contribution in [0, 0.1) is 19.8 Å². The fourth-order valence-corrected chi connectivity index (χ4v) is 4.81. The molecule has 0 atom stereocenters. The molecule has 0 amide bonds. The second kappa shape index (κ2) is 7.45. The first-order valence-corrected chi connectivity index (χ1v) is 10.5. The molecular weight excluding hydrogens is 423 g/mol. The highest BCUT2D eigenvalue weighted by molar-refractivity contribution is 7.16. The minimum atomic E-state index is -4.51. The van der Waals surface area contributed by atoms with E-state index in [1.54, 1.807) is 16.2 Å². The second-order valence-electron chi connectivity index (χ2n) is 6.78. The highest BCUT2D eigenvalue weighted by atomic mass is 32.1. The summed E-state index contributed by atoms with van der Waals surface area (Å²) in [5.74, 6) is 0.229. The first kappa shape index (κ1) is 19.9. The zero-order valence-electron chi connectivity index (χ0n) is 15.5. The number of ketones is 1. The molecular formula is C18H16F3N5OS2. The molecule has 0 radical (unpaired) electrons. The van der Waals surface area contributed by atoms with Crippen LogP contribution in [0.4, 0.5) is 19.0 Å². The largest absolute Gasteiger partial charge is 0.434 e. The summed E-state index contributed by atoms with van der Waals surface area (Å²) < 4.78 is 37.7. The van der Waals surface area contributed by atoms with Crippen LogP contribution in [0.25, 0.3) is 10.6 Å². The number of hydrogen-bond acceptors (Lipinski definition) is 8. The van der Waals surface area contributed by atoms with Gasteiger partial charge in [-0.15, -0.1) is 22.7 Å². The van der Waals surface area contributed by atoms with Crippen LogP contribution in [0.5, 0.6) is 0 Å². The van der Waals surface area contributed by atoms with E-state index in [-0.39, 0.29) is 18.1 Å². The number of carbonyl (C=O) groups is 1. The summed E-state index contributed by atoms with van der Waals surface area (Å²) in [5, 5.41) is 3.67. The van der Waals surface area contributed by atoms with E-state index < -0.39 is 11.9 Å². The van der Waals surface area contributed by atoms with E-state index in [0.717, 1.165) is 32.5 Å². The predicted molar refractivity (Wildman–Crippen MR) is 104 cm³/mol. The molecule has 4 rings (SSSR count). The molecule has 3 aromatic rings. The Morgan fingerprint density at radius 2 is 1.97 bits per heavy atom. The molecule has 152 valence electrons. The fourth-order valence-electron chi connectivity index (χ4n) is 3.06. The van der Waals surface area contributed by atoms with Crippen LogP contribution in [0.3, 0.4) is 0 Å². The fraction of sp³-hybridized carbons (Fsp3) is 0.389. The summed E-state index contributed by atoms with van der Waals surface area (Å²) in [6.07, 6.45) is -2.46. The van der Waals surface area contributed by atoms with Crippen LogP contribution in [-0.4, -0.2) is 38.8 Å². The van der Waals surface area contributed by atoms with Gasteiger partial charge in [-0.25, -0.2) is 19.9 Å². The van der Waals surface area contributed by atoms with Gasteiger partial charge in [0.1, 0.15) is 16.6 Å². The van der Waals surface area contributed by atoms with Crippen LogP contribution in [0.15, 0.2) is 17.8 Å². The first-order valence-electron chi connectivity index (χ1n) is 8.76. The van der Waals surface area contributed by atoms with Crippen LogP contribution in [0.2, 0.25) is 0 Å². The normalized spacial score (nSPS) is 14.9. The van der Waals surface area contributed by atoms with Crippen molar-refractivity contribution in [3.63, 3.8) is 0 Å². The summed E-state index contributed by atoms with van der Waals surface area (Å²) in [6, 6.07) is 0. The maximum Gasteiger partial charge on any atom is 0.434 e. The highest BCUT2D eigenvalue weighted by Gasteiger charge is 2.36. The average molecular weight is 439 g/mol. The topological polar surface area (TPSA) is 71.9 Å². The average Bonchev–Trinajstić information content (AvgIpc) is 3.19. The standard InChI is InChI=1S/C18H16F3N5OS2/c1-9-17(29-10(2)24-9)12-8-28-16(25-12)3-13(27)11-6-26(7-11)15-5-22-14(4-23-15)18(19,20)21/h4-5,8,11H,3,6-7H2,1-2H3. The van der Waals surface area contributed by atoms with Crippen LogP contribution in [0.1, 0.15) is 21.4 Å². The van der Waals surface area contributed by atoms with Gasteiger partial charge in [0.2, 0.25) is 0 Å². The SMILES string of the molecule is Cc1nc(C)c(-c2csc(CC(=O)C3CN(c4cnc(C(F)(F)F)cn4)C3)n2)s1. The van der Waals surface area contributed by atoms with Gasteiger partial charge in [0.05, 0.1) is 46.0 Å². The molecule has 0 aliphatic carbocycles. The second-order valence-corrected chi connectivity index (χ2v) is 8.92. The van der Waals surface area contributed by atoms with Crippen molar-refractivity contribution in [1.82, 2.24) is 19.9 Å². The third-order valence-electron chi connectivity index (χ3n) is 4.60. The van der Waals surface area contributed by atoms with Crippen molar-refractivity contribution in [1.29, 1.82) is 0 Å². The number of aryl methyl sites for hydroxylation is 2. The van der Waals surface area contributed by atoms with Gasteiger partial charge in [0.15, 0.2) is 5.69 Å². The Kier molecular flexibility index (Phi) is 5.11. The highest BCUT2D eigenvalue weighted by Crippen LogP contribution is 2.32. The van der Waals surface area contributed by atoms with Crippen LogP contribution < -0.4 is 4.90 Å². The number of alkyl halides is 3. The number of halogens is 3. The number of carbonyl (C=O) groups excluding carboxylic acids is 1. The first-order chi connectivity index (χ1) is 13.7. The van der Waals surface area contributed by atoms with Gasteiger partial charge in [-0.05, 0) is 13.8 Å². The third-order valence-corrected chi connectivity index (χ3v) is 6.55. The van der Waals surface area contributed by atoms with Gasteiger partial charge in [0.25, 0.3) is 0 Å². The summed E-state index contributed by atoms with van der Waals surface area (Å²) in [6.45, 7) is 4.73. The van der Waals surface area contributed by atoms with E-state index in [1.807, 2.05) is 19.2 Å². The van der Waals surface area contributed by atoms with Gasteiger partial charge >= 0.3 is 6.18 Å². The molecule has 1 fully saturated rings. The summed E-state index contributed by atoms with van der Waals surface area (Å²) in [5.41, 5.74) is 0.750. The molecule has 0 saturated carbocycles. The molecule has 11 heteroatoms. The van der Waals surface area contributed by atoms with Crippen LogP contribution in [-0.2, 0) is 17.4 Å². The van der Waals surface area contributed by atoms with Crippen molar-refractivity contribution >= 4 is 34.3 Å². The Bertz CT molecular complexity index is 1040. The Balaban J connectivity index is 1.34. The lowest BCUT2D eigenvalue weighted by Gasteiger charge is -2.38. The lowest BCUT2D eigenvalue weighted by atomic mass is 9.93. The molecule has 3 aromatic heterocycles. The monoisotopic (exact) mass is 439 g/mol. The zero-order valence-corrected chi connectivity index (χ0v) is 17.2. The predicted octanol–water partition coefficient (Wildman–Crippen LogP) is 3.94. The van der Waals surface area contributed by atoms with Gasteiger partial charge in [0, 0.05) is 18.5 Å². The Labute approximate surface area is 172 Å². The smallest absolute Gasteiger partial charge is 0.354 e. The van der Waals surface area contributed by atoms with Gasteiger partial charge < -0.3 is 4.90 Å². The van der Waals surface area contributed by atoms with Crippen molar-refractivity contribution < 1.29 is 18.0 Å². The molecule has 1 aliphatic rings. The summed E-state index contributed by atoms with van der Waals surface area (Å²) in [4.78, 5) is 31.5. The summed E-state index contributed by atoms with van der Waals surface area (Å²) >= 11 is 3.03. The molecule has 1 aliphatic heterocycles. The van der Waals surface area contributed by atoms with Gasteiger partial charge in [-0.1, -0.05) is 0 Å². The number of hydrogen-bond donors (Lipinski definition) is 0. The van der Waals surface area contributed by atoms with Gasteiger partial charge in [-0.2, -0.15) is 13.2 Å². The number of Topliss-reactive ketones (excluding diaryl/α,β-unsaturated/α-hetero) is 1. The minimum Gasteiger partial charge on any atom is -0.354 e. The third kappa shape index (κ3) is 4.15. The Morgan fingerprint density at radius 3 is 2.55 bits per heavy atom. The van der Waals surface area contributed by atoms with Crippen molar-refractivity contribution in [2.45, 2.75) is 26.4 Å². The van der Waals surface area contributed by atoms with Gasteiger partial charge in [-0.3, -0.25) is 4.79 Å². The van der Waals surface area contributed by atoms with Crippen molar-refractivity contribution in [3.05, 3.63) is 39.2 Å². The molecule has 29 heavy (non-hydrogen) atoms. The number of rotatable bonds is 5. The Hall–Kier alpha value is -2.40. The molecule has 0 spiro atoms. The minimum absolute atomic E-state index is 0.0687. The van der Waals surface area contributed by atoms with E-state index in [9.17, 15) is 18.0 Å². The van der Waals surface area contributed by atoms with E-state index in [0.29, 0.717) is 25.1 Å². The van der Waals surface area contributed by atoms with E-state index >= 15 is 0 Å². The molecule has 6 nitrogen and oxygen atoms in total. The van der Waals surface area contributed by atoms with Crippen molar-refractivity contribution in [3.8, 4) is 10.6 Å². The van der Waals surface area contributed by atoms with Crippen LogP contribution >= 0.6 is 22.7 Å². The molecule has 0 bridgehead atoms. The van der Waals surface area contributed by atoms with E-state index in [1.165, 1.54) is 11.3 Å². The maximum absolute atomic E-state index is 12.6. The quantitative estimate of drug-likeness (QED) is 0.600. The summed E-state index contributed by atoms with van der Waals surface area (Å²) in [7, 11) is 0. The molecule has 0 unspecified atom stereocenters.